The van der Waals surface area contributed by atoms with Crippen LogP contribution in [0.5, 0.6) is 0 Å². The Balaban J connectivity index is 1.64. The number of rotatable bonds is 6. The van der Waals surface area contributed by atoms with Crippen LogP contribution in [0.1, 0.15) is 10.4 Å². The quantitative estimate of drug-likeness (QED) is 0.264. The van der Waals surface area contributed by atoms with Gasteiger partial charge in [-0.1, -0.05) is 83.5 Å². The van der Waals surface area contributed by atoms with Crippen molar-refractivity contribution in [1.29, 1.82) is 0 Å². The van der Waals surface area contributed by atoms with Gasteiger partial charge in [0.15, 0.2) is 16.8 Å². The average Bonchev–Trinajstić information content (AvgIpc) is 3.19. The standard InChI is InChI=1S/C22H15Cl2N3OS/c23-18-12-11-16(13-19(18)24)20(28)14-29-22-26-25-21(15-7-3-1-4-8-15)27(22)17-9-5-2-6-10-17/h1-13H,14H2. The zero-order chi connectivity index (χ0) is 20.2. The predicted octanol–water partition coefficient (Wildman–Crippen LogP) is 6.22. The Morgan fingerprint density at radius 1 is 0.862 bits per heavy atom. The van der Waals surface area contributed by atoms with E-state index in [9.17, 15) is 4.79 Å². The van der Waals surface area contributed by atoms with Crippen LogP contribution in [-0.4, -0.2) is 26.3 Å². The first-order valence-corrected chi connectivity index (χ1v) is 10.5. The molecule has 144 valence electrons. The van der Waals surface area contributed by atoms with Crippen LogP contribution in [0.15, 0.2) is 84.0 Å². The van der Waals surface area contributed by atoms with Gasteiger partial charge >= 0.3 is 0 Å². The molecule has 1 heterocycles. The van der Waals surface area contributed by atoms with Gasteiger partial charge in [-0.25, -0.2) is 0 Å². The lowest BCUT2D eigenvalue weighted by molar-refractivity contribution is 0.102. The summed E-state index contributed by atoms with van der Waals surface area (Å²) < 4.78 is 1.96. The van der Waals surface area contributed by atoms with Gasteiger partial charge in [0, 0.05) is 16.8 Å². The average molecular weight is 440 g/mol. The van der Waals surface area contributed by atoms with E-state index in [1.807, 2.05) is 65.2 Å². The van der Waals surface area contributed by atoms with E-state index in [0.717, 1.165) is 17.1 Å². The number of para-hydroxylation sites is 1. The molecule has 0 saturated carbocycles. The van der Waals surface area contributed by atoms with E-state index >= 15 is 0 Å². The summed E-state index contributed by atoms with van der Waals surface area (Å²) in [5, 5.41) is 10.2. The molecule has 0 radical (unpaired) electrons. The number of hydrogen-bond donors (Lipinski definition) is 0. The normalized spacial score (nSPS) is 10.8. The van der Waals surface area contributed by atoms with Crippen molar-refractivity contribution in [2.45, 2.75) is 5.16 Å². The second kappa shape index (κ2) is 8.82. The predicted molar refractivity (Wildman–Crippen MR) is 118 cm³/mol. The number of nitrogens with zero attached hydrogens (tertiary/aromatic N) is 3. The third kappa shape index (κ3) is 4.37. The van der Waals surface area contributed by atoms with Crippen molar-refractivity contribution in [2.24, 2.45) is 0 Å². The van der Waals surface area contributed by atoms with Crippen molar-refractivity contribution < 1.29 is 4.79 Å². The summed E-state index contributed by atoms with van der Waals surface area (Å²) in [6.07, 6.45) is 0. The number of benzene rings is 3. The van der Waals surface area contributed by atoms with Crippen LogP contribution in [0.3, 0.4) is 0 Å². The fraction of sp³-hybridized carbons (Fsp3) is 0.0455. The molecular weight excluding hydrogens is 425 g/mol. The Morgan fingerprint density at radius 2 is 1.55 bits per heavy atom. The van der Waals surface area contributed by atoms with Crippen LogP contribution in [-0.2, 0) is 0 Å². The zero-order valence-electron chi connectivity index (χ0n) is 15.1. The first-order chi connectivity index (χ1) is 14.1. The highest BCUT2D eigenvalue weighted by Crippen LogP contribution is 2.29. The highest BCUT2D eigenvalue weighted by molar-refractivity contribution is 7.99. The number of carbonyl (C=O) groups is 1. The Morgan fingerprint density at radius 3 is 2.24 bits per heavy atom. The molecule has 0 N–H and O–H groups in total. The minimum absolute atomic E-state index is 0.0579. The summed E-state index contributed by atoms with van der Waals surface area (Å²) >= 11 is 13.3. The van der Waals surface area contributed by atoms with E-state index in [1.165, 1.54) is 11.8 Å². The lowest BCUT2D eigenvalue weighted by Gasteiger charge is -2.10. The topological polar surface area (TPSA) is 47.8 Å². The fourth-order valence-corrected chi connectivity index (χ4v) is 3.97. The number of carbonyl (C=O) groups excluding carboxylic acids is 1. The summed E-state index contributed by atoms with van der Waals surface area (Å²) in [6, 6.07) is 24.6. The van der Waals surface area contributed by atoms with Gasteiger partial charge in [0.05, 0.1) is 15.8 Å². The first kappa shape index (κ1) is 19.7. The van der Waals surface area contributed by atoms with Crippen molar-refractivity contribution in [1.82, 2.24) is 14.8 Å². The SMILES string of the molecule is O=C(CSc1nnc(-c2ccccc2)n1-c1ccccc1)c1ccc(Cl)c(Cl)c1. The van der Waals surface area contributed by atoms with Gasteiger partial charge in [0.2, 0.25) is 0 Å². The minimum atomic E-state index is -0.0579. The monoisotopic (exact) mass is 439 g/mol. The van der Waals surface area contributed by atoms with E-state index in [1.54, 1.807) is 18.2 Å². The smallest absolute Gasteiger partial charge is 0.196 e. The number of halogens is 2. The van der Waals surface area contributed by atoms with Gasteiger partial charge in [-0.05, 0) is 30.3 Å². The van der Waals surface area contributed by atoms with Gasteiger partial charge in [0.1, 0.15) is 0 Å². The molecule has 0 fully saturated rings. The highest BCUT2D eigenvalue weighted by Gasteiger charge is 2.18. The molecular formula is C22H15Cl2N3OS. The van der Waals surface area contributed by atoms with Crippen molar-refractivity contribution in [2.75, 3.05) is 5.75 Å². The molecule has 0 atom stereocenters. The molecule has 0 unspecified atom stereocenters. The van der Waals surface area contributed by atoms with Crippen molar-refractivity contribution in [3.63, 3.8) is 0 Å². The molecule has 29 heavy (non-hydrogen) atoms. The Bertz CT molecular complexity index is 1150. The van der Waals surface area contributed by atoms with Crippen LogP contribution in [0, 0.1) is 0 Å². The second-order valence-corrected chi connectivity index (χ2v) is 7.94. The molecule has 7 heteroatoms. The molecule has 0 aliphatic rings. The van der Waals surface area contributed by atoms with Crippen molar-refractivity contribution in [3.8, 4) is 17.1 Å². The third-order valence-corrected chi connectivity index (χ3v) is 5.92. The van der Waals surface area contributed by atoms with E-state index in [4.69, 9.17) is 23.2 Å². The molecule has 0 spiro atoms. The maximum atomic E-state index is 12.6. The Labute approximate surface area is 182 Å². The summed E-state index contributed by atoms with van der Waals surface area (Å²) in [7, 11) is 0. The zero-order valence-corrected chi connectivity index (χ0v) is 17.5. The summed E-state index contributed by atoms with van der Waals surface area (Å²) in [5.74, 6) is 0.872. The molecule has 1 aromatic heterocycles. The van der Waals surface area contributed by atoms with Gasteiger partial charge in [0.25, 0.3) is 0 Å². The molecule has 0 aliphatic carbocycles. The summed E-state index contributed by atoms with van der Waals surface area (Å²) in [5.41, 5.74) is 2.40. The third-order valence-electron chi connectivity index (χ3n) is 4.25. The summed E-state index contributed by atoms with van der Waals surface area (Å²) in [4.78, 5) is 12.6. The molecule has 0 amide bonds. The van der Waals surface area contributed by atoms with Crippen LogP contribution in [0.4, 0.5) is 0 Å². The summed E-state index contributed by atoms with van der Waals surface area (Å²) in [6.45, 7) is 0. The molecule has 0 bridgehead atoms. The number of thioether (sulfide) groups is 1. The van der Waals surface area contributed by atoms with Crippen molar-refractivity contribution in [3.05, 3.63) is 94.5 Å². The molecule has 3 aromatic carbocycles. The van der Waals surface area contributed by atoms with E-state index in [-0.39, 0.29) is 11.5 Å². The van der Waals surface area contributed by atoms with Gasteiger partial charge < -0.3 is 0 Å². The molecule has 0 aliphatic heterocycles. The van der Waals surface area contributed by atoms with Crippen molar-refractivity contribution >= 4 is 40.7 Å². The molecule has 4 rings (SSSR count). The van der Waals surface area contributed by atoms with Gasteiger partial charge in [-0.2, -0.15) is 0 Å². The van der Waals surface area contributed by atoms with Gasteiger partial charge in [-0.3, -0.25) is 9.36 Å². The second-order valence-electron chi connectivity index (χ2n) is 6.18. The molecule has 4 aromatic rings. The van der Waals surface area contributed by atoms with E-state index < -0.39 is 0 Å². The lowest BCUT2D eigenvalue weighted by Crippen LogP contribution is -2.05. The van der Waals surface area contributed by atoms with E-state index in [2.05, 4.69) is 10.2 Å². The minimum Gasteiger partial charge on any atom is -0.293 e. The molecule has 0 saturated heterocycles. The van der Waals surface area contributed by atoms with Crippen LogP contribution in [0.2, 0.25) is 10.0 Å². The number of Topliss-reactive ketones (excluding diaryl/α,β-unsaturated/α-hetero) is 1. The van der Waals surface area contributed by atoms with Gasteiger partial charge in [-0.15, -0.1) is 10.2 Å². The van der Waals surface area contributed by atoms with E-state index in [0.29, 0.717) is 20.8 Å². The molecule has 4 nitrogen and oxygen atoms in total. The van der Waals surface area contributed by atoms with Crippen LogP contribution >= 0.6 is 35.0 Å². The Hall–Kier alpha value is -2.60. The highest BCUT2D eigenvalue weighted by atomic mass is 35.5. The van der Waals surface area contributed by atoms with Crippen LogP contribution < -0.4 is 0 Å². The largest absolute Gasteiger partial charge is 0.293 e. The Kier molecular flexibility index (Phi) is 6.00. The maximum Gasteiger partial charge on any atom is 0.196 e. The number of ketones is 1. The first-order valence-electron chi connectivity index (χ1n) is 8.81. The number of aromatic nitrogens is 3. The maximum absolute atomic E-state index is 12.6. The number of hydrogen-bond acceptors (Lipinski definition) is 4. The fourth-order valence-electron chi connectivity index (χ4n) is 2.83. The lowest BCUT2D eigenvalue weighted by atomic mass is 10.1. The van der Waals surface area contributed by atoms with Crippen LogP contribution in [0.25, 0.3) is 17.1 Å².